The predicted molar refractivity (Wildman–Crippen MR) is 54.7 cm³/mol. The number of nitrogens with zero attached hydrogens (tertiary/aromatic N) is 1. The van der Waals surface area contributed by atoms with Crippen molar-refractivity contribution in [1.82, 2.24) is 10.3 Å². The Morgan fingerprint density at radius 3 is 3.00 bits per heavy atom. The number of hydrogen-bond donors (Lipinski definition) is 1. The molecule has 2 heterocycles. The zero-order chi connectivity index (χ0) is 9.97. The summed E-state index contributed by atoms with van der Waals surface area (Å²) >= 11 is 3.24. The first-order valence-corrected chi connectivity index (χ1v) is 4.92. The van der Waals surface area contributed by atoms with Crippen LogP contribution in [0.4, 0.5) is 0 Å². The number of hydrogen-bond acceptors (Lipinski definition) is 4. The summed E-state index contributed by atoms with van der Waals surface area (Å²) in [7, 11) is 1.86. The Hall–Kier alpha value is -1.07. The maximum atomic E-state index is 5.28. The highest BCUT2D eigenvalue weighted by molar-refractivity contribution is 9.10. The summed E-state index contributed by atoms with van der Waals surface area (Å²) in [4.78, 5) is 4.11. The number of aromatic nitrogens is 1. The average Bonchev–Trinajstić information content (AvgIpc) is 2.74. The molecule has 0 aromatic carbocycles. The van der Waals surface area contributed by atoms with Gasteiger partial charge in [-0.05, 0) is 23.0 Å². The number of furan rings is 1. The van der Waals surface area contributed by atoms with Crippen LogP contribution in [-0.2, 0) is 6.54 Å². The highest BCUT2D eigenvalue weighted by Crippen LogP contribution is 2.27. The van der Waals surface area contributed by atoms with Gasteiger partial charge < -0.3 is 14.2 Å². The molecule has 14 heavy (non-hydrogen) atoms. The molecule has 0 atom stereocenters. The lowest BCUT2D eigenvalue weighted by molar-refractivity contribution is 0.537. The van der Waals surface area contributed by atoms with E-state index in [2.05, 4.69) is 26.2 Å². The minimum Gasteiger partial charge on any atom is -0.457 e. The minimum atomic E-state index is 0.675. The van der Waals surface area contributed by atoms with Crippen molar-refractivity contribution >= 4 is 15.9 Å². The second kappa shape index (κ2) is 3.98. The Balaban J connectivity index is 2.36. The smallest absolute Gasteiger partial charge is 0.181 e. The van der Waals surface area contributed by atoms with E-state index in [4.69, 9.17) is 8.83 Å². The largest absolute Gasteiger partial charge is 0.457 e. The molecule has 0 unspecified atom stereocenters. The molecule has 2 aromatic rings. The zero-order valence-electron chi connectivity index (χ0n) is 7.58. The van der Waals surface area contributed by atoms with E-state index in [1.165, 1.54) is 6.39 Å². The van der Waals surface area contributed by atoms with Crippen LogP contribution in [0.3, 0.4) is 0 Å². The number of halogens is 1. The molecular weight excluding hydrogens is 248 g/mol. The monoisotopic (exact) mass is 256 g/mol. The molecule has 0 aliphatic carbocycles. The molecular formula is C9H9BrN2O2. The Kier molecular flexibility index (Phi) is 2.69. The standard InChI is InChI=1S/C9H9BrN2O2/c1-11-3-7-9(14-5-12-7)6-2-8(10)13-4-6/h2,4-5,11H,3H2,1H3. The summed E-state index contributed by atoms with van der Waals surface area (Å²) in [6.45, 7) is 0.675. The van der Waals surface area contributed by atoms with E-state index >= 15 is 0 Å². The molecule has 0 fully saturated rings. The summed E-state index contributed by atoms with van der Waals surface area (Å²) in [5, 5.41) is 3.02. The fourth-order valence-corrected chi connectivity index (χ4v) is 1.57. The predicted octanol–water partition coefficient (Wildman–Crippen LogP) is 2.42. The van der Waals surface area contributed by atoms with Gasteiger partial charge in [0.25, 0.3) is 0 Å². The van der Waals surface area contributed by atoms with Crippen LogP contribution in [0.25, 0.3) is 11.3 Å². The third-order valence-corrected chi connectivity index (χ3v) is 2.23. The molecule has 2 rings (SSSR count). The third-order valence-electron chi connectivity index (χ3n) is 1.82. The van der Waals surface area contributed by atoms with Crippen molar-refractivity contribution in [1.29, 1.82) is 0 Å². The summed E-state index contributed by atoms with van der Waals surface area (Å²) in [5.41, 5.74) is 1.76. The van der Waals surface area contributed by atoms with Crippen LogP contribution in [0.5, 0.6) is 0 Å². The molecule has 0 bridgehead atoms. The van der Waals surface area contributed by atoms with Gasteiger partial charge >= 0.3 is 0 Å². The SMILES string of the molecule is CNCc1ncoc1-c1coc(Br)c1. The maximum Gasteiger partial charge on any atom is 0.181 e. The molecule has 1 N–H and O–H groups in total. The van der Waals surface area contributed by atoms with E-state index in [9.17, 15) is 0 Å². The molecule has 5 heteroatoms. The van der Waals surface area contributed by atoms with E-state index in [1.807, 2.05) is 13.1 Å². The molecule has 0 spiro atoms. The van der Waals surface area contributed by atoms with Crippen molar-refractivity contribution in [2.75, 3.05) is 7.05 Å². The molecule has 0 saturated carbocycles. The molecule has 0 amide bonds. The third kappa shape index (κ3) is 1.73. The molecule has 0 aliphatic heterocycles. The van der Waals surface area contributed by atoms with Crippen LogP contribution in [0.2, 0.25) is 0 Å². The van der Waals surface area contributed by atoms with Crippen molar-refractivity contribution in [2.45, 2.75) is 6.54 Å². The molecule has 74 valence electrons. The van der Waals surface area contributed by atoms with E-state index in [-0.39, 0.29) is 0 Å². The number of oxazole rings is 1. The zero-order valence-corrected chi connectivity index (χ0v) is 9.17. The summed E-state index contributed by atoms with van der Waals surface area (Å²) in [6.07, 6.45) is 3.06. The molecule has 2 aromatic heterocycles. The second-order valence-corrected chi connectivity index (χ2v) is 3.58. The first kappa shape index (κ1) is 9.48. The Bertz CT molecular complexity index is 422. The van der Waals surface area contributed by atoms with Gasteiger partial charge in [-0.15, -0.1) is 0 Å². The summed E-state index contributed by atoms with van der Waals surface area (Å²) in [6, 6.07) is 1.85. The Morgan fingerprint density at radius 1 is 1.50 bits per heavy atom. The normalized spacial score (nSPS) is 10.7. The van der Waals surface area contributed by atoms with Gasteiger partial charge in [0.05, 0.1) is 5.56 Å². The first-order chi connectivity index (χ1) is 6.81. The van der Waals surface area contributed by atoms with E-state index in [0.717, 1.165) is 17.0 Å². The van der Waals surface area contributed by atoms with Crippen molar-refractivity contribution < 1.29 is 8.83 Å². The summed E-state index contributed by atoms with van der Waals surface area (Å²) < 4.78 is 11.1. The minimum absolute atomic E-state index is 0.675. The Morgan fingerprint density at radius 2 is 2.36 bits per heavy atom. The molecule has 0 radical (unpaired) electrons. The second-order valence-electron chi connectivity index (χ2n) is 2.80. The van der Waals surface area contributed by atoms with Gasteiger partial charge in [0.2, 0.25) is 0 Å². The highest BCUT2D eigenvalue weighted by Gasteiger charge is 2.12. The molecule has 4 nitrogen and oxygen atoms in total. The van der Waals surface area contributed by atoms with Crippen molar-refractivity contribution in [3.05, 3.63) is 29.1 Å². The lowest BCUT2D eigenvalue weighted by atomic mass is 10.2. The summed E-state index contributed by atoms with van der Waals surface area (Å²) in [5.74, 6) is 0.744. The Labute approximate surface area is 89.4 Å². The van der Waals surface area contributed by atoms with Gasteiger partial charge in [-0.25, -0.2) is 4.98 Å². The van der Waals surface area contributed by atoms with Gasteiger partial charge in [0, 0.05) is 12.6 Å². The fraction of sp³-hybridized carbons (Fsp3) is 0.222. The highest BCUT2D eigenvalue weighted by atomic mass is 79.9. The molecule has 0 saturated heterocycles. The van der Waals surface area contributed by atoms with Crippen molar-refractivity contribution in [3.63, 3.8) is 0 Å². The van der Waals surface area contributed by atoms with Crippen LogP contribution in [-0.4, -0.2) is 12.0 Å². The lowest BCUT2D eigenvalue weighted by Crippen LogP contribution is -2.06. The van der Waals surface area contributed by atoms with Gasteiger partial charge in [0.1, 0.15) is 12.0 Å². The molecule has 0 aliphatic rings. The van der Waals surface area contributed by atoms with Crippen LogP contribution in [0, 0.1) is 0 Å². The van der Waals surface area contributed by atoms with E-state index in [0.29, 0.717) is 11.2 Å². The van der Waals surface area contributed by atoms with Gasteiger partial charge in [-0.2, -0.15) is 0 Å². The fourth-order valence-electron chi connectivity index (χ4n) is 1.23. The van der Waals surface area contributed by atoms with Crippen LogP contribution in [0.15, 0.2) is 32.2 Å². The van der Waals surface area contributed by atoms with Gasteiger partial charge in [-0.1, -0.05) is 0 Å². The topological polar surface area (TPSA) is 51.2 Å². The van der Waals surface area contributed by atoms with E-state index in [1.54, 1.807) is 6.26 Å². The van der Waals surface area contributed by atoms with Crippen LogP contribution < -0.4 is 5.32 Å². The first-order valence-electron chi connectivity index (χ1n) is 4.12. The average molecular weight is 257 g/mol. The van der Waals surface area contributed by atoms with Crippen molar-refractivity contribution in [2.24, 2.45) is 0 Å². The number of nitrogens with one attached hydrogen (secondary N) is 1. The lowest BCUT2D eigenvalue weighted by Gasteiger charge is -1.95. The number of rotatable bonds is 3. The van der Waals surface area contributed by atoms with Crippen molar-refractivity contribution in [3.8, 4) is 11.3 Å². The van der Waals surface area contributed by atoms with Crippen LogP contribution >= 0.6 is 15.9 Å². The van der Waals surface area contributed by atoms with Crippen LogP contribution in [0.1, 0.15) is 5.69 Å². The van der Waals surface area contributed by atoms with E-state index < -0.39 is 0 Å². The van der Waals surface area contributed by atoms with Gasteiger partial charge in [-0.3, -0.25) is 0 Å². The van der Waals surface area contributed by atoms with Gasteiger partial charge in [0.15, 0.2) is 16.8 Å². The quantitative estimate of drug-likeness (QED) is 0.917. The maximum absolute atomic E-state index is 5.28.